The number of rotatable bonds is 16. The number of unbranched alkanes of at least 4 members (excludes halogenated alkanes) is 4. The first-order chi connectivity index (χ1) is 23.9. The van der Waals surface area contributed by atoms with Crippen LogP contribution in [0, 0.1) is 0 Å². The molecule has 0 spiro atoms. The highest BCUT2D eigenvalue weighted by atomic mass is 79.9. The fraction of sp³-hybridized carbons (Fsp3) is 0.279. The summed E-state index contributed by atoms with van der Waals surface area (Å²) in [6.45, 7) is 0. The van der Waals surface area contributed by atoms with Gasteiger partial charge in [0.1, 0.15) is 18.4 Å². The standard InChI is InChI=1S/C43H43Br4N2.BrH/c44-37-17-7-13-32(27-37)11-3-1-5-21-41(34-15-9-19-39(46)29-34)36-23-24-43-48(31-36)25-26-49(43)42(35-16-10-20-40(47)30-35)22-6-2-4-12-33-14-8-18-38(45)28-33;/h7-10,13-20,23-31,41-42H,1-6,11-12,21-22H2;1H/q+1;/p-1. The van der Waals surface area contributed by atoms with E-state index in [0.29, 0.717) is 5.92 Å². The van der Waals surface area contributed by atoms with E-state index in [9.17, 15) is 0 Å². The van der Waals surface area contributed by atoms with E-state index in [1.807, 2.05) is 0 Å². The number of imidazole rings is 1. The highest BCUT2D eigenvalue weighted by molar-refractivity contribution is 9.11. The molecule has 0 aliphatic carbocycles. The average molecular weight is 987 g/mol. The van der Waals surface area contributed by atoms with Crippen LogP contribution >= 0.6 is 63.7 Å². The van der Waals surface area contributed by atoms with Crippen LogP contribution in [0.5, 0.6) is 0 Å². The number of aryl methyl sites for hydroxylation is 2. The van der Waals surface area contributed by atoms with E-state index in [2.05, 4.69) is 200 Å². The summed E-state index contributed by atoms with van der Waals surface area (Å²) < 4.78 is 9.41. The Balaban J connectivity index is 0.00000486. The molecule has 2 atom stereocenters. The van der Waals surface area contributed by atoms with E-state index in [1.54, 1.807) is 0 Å². The summed E-state index contributed by atoms with van der Waals surface area (Å²) in [5, 5.41) is 0. The molecule has 0 saturated carbocycles. The highest BCUT2D eigenvalue weighted by Gasteiger charge is 2.24. The molecule has 2 aromatic heterocycles. The molecule has 50 heavy (non-hydrogen) atoms. The van der Waals surface area contributed by atoms with Gasteiger partial charge in [-0.2, -0.15) is 0 Å². The first-order valence-electron chi connectivity index (χ1n) is 17.4. The summed E-state index contributed by atoms with van der Waals surface area (Å²) in [5.74, 6) is 0.342. The van der Waals surface area contributed by atoms with Crippen molar-refractivity contribution in [3.8, 4) is 0 Å². The molecule has 260 valence electrons. The van der Waals surface area contributed by atoms with E-state index in [1.165, 1.54) is 72.0 Å². The number of hydrogen-bond donors (Lipinski definition) is 0. The van der Waals surface area contributed by atoms with Crippen molar-refractivity contribution < 1.29 is 21.5 Å². The molecule has 2 unspecified atom stereocenters. The summed E-state index contributed by atoms with van der Waals surface area (Å²) in [6.07, 6.45) is 18.6. The second kappa shape index (κ2) is 19.7. The summed E-state index contributed by atoms with van der Waals surface area (Å²) in [7, 11) is 0. The molecule has 2 nitrogen and oxygen atoms in total. The predicted molar refractivity (Wildman–Crippen MR) is 218 cm³/mol. The van der Waals surface area contributed by atoms with Crippen LogP contribution in [-0.2, 0) is 12.8 Å². The van der Waals surface area contributed by atoms with Gasteiger partial charge >= 0.3 is 0 Å². The third kappa shape index (κ3) is 11.0. The maximum absolute atomic E-state index is 3.74. The van der Waals surface area contributed by atoms with Crippen LogP contribution < -0.4 is 21.5 Å². The zero-order valence-electron chi connectivity index (χ0n) is 28.1. The minimum atomic E-state index is 0. The Morgan fingerprint density at radius 3 is 1.66 bits per heavy atom. The zero-order valence-corrected chi connectivity index (χ0v) is 36.1. The van der Waals surface area contributed by atoms with E-state index in [4.69, 9.17) is 0 Å². The van der Waals surface area contributed by atoms with Crippen molar-refractivity contribution in [3.63, 3.8) is 0 Å². The van der Waals surface area contributed by atoms with Crippen molar-refractivity contribution in [2.24, 2.45) is 0 Å². The van der Waals surface area contributed by atoms with Crippen LogP contribution in [0.3, 0.4) is 0 Å². The molecule has 0 aliphatic heterocycles. The van der Waals surface area contributed by atoms with E-state index in [0.717, 1.165) is 43.6 Å². The lowest BCUT2D eigenvalue weighted by Gasteiger charge is -2.18. The fourth-order valence-corrected chi connectivity index (χ4v) is 8.79. The van der Waals surface area contributed by atoms with Gasteiger partial charge in [0, 0.05) is 29.9 Å². The van der Waals surface area contributed by atoms with Gasteiger partial charge in [-0.15, -0.1) is 0 Å². The Bertz CT molecular complexity index is 1970. The Kier molecular flexibility index (Phi) is 15.4. The van der Waals surface area contributed by atoms with Crippen molar-refractivity contribution in [1.29, 1.82) is 0 Å². The normalized spacial score (nSPS) is 12.5. The lowest BCUT2D eigenvalue weighted by atomic mass is 9.87. The van der Waals surface area contributed by atoms with Gasteiger partial charge in [0.15, 0.2) is 0 Å². The molecular formula is C43H43Br5N2. The van der Waals surface area contributed by atoms with Crippen LogP contribution in [0.15, 0.2) is 146 Å². The van der Waals surface area contributed by atoms with Gasteiger partial charge in [0.25, 0.3) is 5.65 Å². The molecule has 2 heterocycles. The predicted octanol–water partition coefficient (Wildman–Crippen LogP) is 10.6. The minimum absolute atomic E-state index is 0. The first kappa shape index (κ1) is 39.2. The van der Waals surface area contributed by atoms with Crippen molar-refractivity contribution in [2.75, 3.05) is 0 Å². The number of nitrogens with zero attached hydrogens (tertiary/aromatic N) is 2. The van der Waals surface area contributed by atoms with Gasteiger partial charge in [0.2, 0.25) is 0 Å². The fourth-order valence-electron chi connectivity index (χ4n) is 7.07. The molecule has 7 heteroatoms. The molecular weight excluding hydrogens is 944 g/mol. The maximum Gasteiger partial charge on any atom is 0.286 e. The molecule has 0 amide bonds. The third-order valence-electron chi connectivity index (χ3n) is 9.53. The molecule has 0 bridgehead atoms. The van der Waals surface area contributed by atoms with Crippen LogP contribution in [0.25, 0.3) is 5.65 Å². The monoisotopic (exact) mass is 982 g/mol. The smallest absolute Gasteiger partial charge is 0.286 e. The average Bonchev–Trinajstić information content (AvgIpc) is 3.51. The lowest BCUT2D eigenvalue weighted by molar-refractivity contribution is -0.689. The SMILES string of the molecule is Brc1cccc(CCCCCC(c2cccc(Br)c2)c2ccc3n(cc[n+]3C(CCCCCc3cccc(Br)c3)c3cccc(Br)c3)c2)c1.[Br-]. The van der Waals surface area contributed by atoms with Crippen molar-refractivity contribution in [3.05, 3.63) is 173 Å². The van der Waals surface area contributed by atoms with Gasteiger partial charge < -0.3 is 17.0 Å². The second-order valence-corrected chi connectivity index (χ2v) is 16.7. The summed E-state index contributed by atoms with van der Waals surface area (Å²) in [6, 6.07) is 40.1. The van der Waals surface area contributed by atoms with E-state index in [-0.39, 0.29) is 23.0 Å². The van der Waals surface area contributed by atoms with Crippen LogP contribution in [-0.4, -0.2) is 4.40 Å². The van der Waals surface area contributed by atoms with Gasteiger partial charge in [-0.3, -0.25) is 0 Å². The Labute approximate surface area is 342 Å². The van der Waals surface area contributed by atoms with Gasteiger partial charge in [0.05, 0.1) is 6.20 Å². The Morgan fingerprint density at radius 2 is 1.06 bits per heavy atom. The number of aromatic nitrogens is 2. The van der Waals surface area contributed by atoms with Crippen molar-refractivity contribution >= 4 is 69.4 Å². The minimum Gasteiger partial charge on any atom is -1.00 e. The van der Waals surface area contributed by atoms with Gasteiger partial charge in [-0.1, -0.05) is 132 Å². The molecule has 0 fully saturated rings. The van der Waals surface area contributed by atoms with Crippen LogP contribution in [0.4, 0.5) is 0 Å². The van der Waals surface area contributed by atoms with E-state index < -0.39 is 0 Å². The highest BCUT2D eigenvalue weighted by Crippen LogP contribution is 2.33. The number of hydrogen-bond acceptors (Lipinski definition) is 0. The summed E-state index contributed by atoms with van der Waals surface area (Å²) >= 11 is 14.7. The largest absolute Gasteiger partial charge is 1.00 e. The number of benzene rings is 4. The Morgan fingerprint density at radius 1 is 0.520 bits per heavy atom. The molecule has 0 N–H and O–H groups in total. The zero-order chi connectivity index (χ0) is 34.0. The molecule has 6 rings (SSSR count). The number of halogens is 5. The first-order valence-corrected chi connectivity index (χ1v) is 20.6. The van der Waals surface area contributed by atoms with E-state index >= 15 is 0 Å². The van der Waals surface area contributed by atoms with Crippen molar-refractivity contribution in [2.45, 2.75) is 76.2 Å². The topological polar surface area (TPSA) is 8.29 Å². The molecule has 6 aromatic rings. The number of fused-ring (bicyclic) bond motifs is 1. The summed E-state index contributed by atoms with van der Waals surface area (Å²) in [4.78, 5) is 0. The lowest BCUT2D eigenvalue weighted by Crippen LogP contribution is -3.00. The van der Waals surface area contributed by atoms with Crippen molar-refractivity contribution in [1.82, 2.24) is 4.40 Å². The molecule has 0 saturated heterocycles. The summed E-state index contributed by atoms with van der Waals surface area (Å²) in [5.41, 5.74) is 8.13. The van der Waals surface area contributed by atoms with Crippen LogP contribution in [0.1, 0.15) is 91.1 Å². The maximum atomic E-state index is 3.74. The number of pyridine rings is 1. The molecule has 0 aliphatic rings. The van der Waals surface area contributed by atoms with Gasteiger partial charge in [-0.05, 0) is 127 Å². The Hall–Kier alpha value is -2.03. The quantitative estimate of drug-likeness (QED) is 0.0675. The second-order valence-electron chi connectivity index (χ2n) is 13.1. The third-order valence-corrected chi connectivity index (χ3v) is 11.5. The van der Waals surface area contributed by atoms with Crippen LogP contribution in [0.2, 0.25) is 0 Å². The molecule has 4 aromatic carbocycles. The van der Waals surface area contributed by atoms with Gasteiger partial charge in [-0.25, -0.2) is 8.97 Å². The molecule has 0 radical (unpaired) electrons.